The van der Waals surface area contributed by atoms with Crippen molar-refractivity contribution >= 4 is 35.2 Å². The van der Waals surface area contributed by atoms with Gasteiger partial charge in [0, 0.05) is 18.1 Å². The minimum absolute atomic E-state index is 0.0407. The fourth-order valence-corrected chi connectivity index (χ4v) is 2.65. The van der Waals surface area contributed by atoms with Crippen LogP contribution in [0.5, 0.6) is 0 Å². The van der Waals surface area contributed by atoms with E-state index in [1.165, 1.54) is 0 Å². The van der Waals surface area contributed by atoms with Gasteiger partial charge >= 0.3 is 0 Å². The number of allylic oxidation sites excluding steroid dienone is 1. The monoisotopic (exact) mass is 297 g/mol. The average Bonchev–Trinajstić information content (AvgIpc) is 2.45. The second kappa shape index (κ2) is 6.97. The zero-order chi connectivity index (χ0) is 13.7. The summed E-state index contributed by atoms with van der Waals surface area (Å²) in [5.74, 6) is 0.653. The van der Waals surface area contributed by atoms with E-state index < -0.39 is 0 Å². The molecule has 0 bridgehead atoms. The van der Waals surface area contributed by atoms with E-state index in [1.54, 1.807) is 0 Å². The van der Waals surface area contributed by atoms with E-state index in [9.17, 15) is 4.79 Å². The molecule has 1 aromatic rings. The van der Waals surface area contributed by atoms with E-state index in [0.717, 1.165) is 36.5 Å². The topological polar surface area (TPSA) is 20.3 Å². The van der Waals surface area contributed by atoms with Crippen molar-refractivity contribution in [2.45, 2.75) is 12.8 Å². The van der Waals surface area contributed by atoms with Gasteiger partial charge in [-0.1, -0.05) is 35.9 Å². The van der Waals surface area contributed by atoms with Gasteiger partial charge in [0.05, 0.1) is 0 Å². The summed E-state index contributed by atoms with van der Waals surface area (Å²) in [6, 6.07) is 7.80. The molecule has 0 aliphatic carbocycles. The molecule has 1 aliphatic heterocycles. The third kappa shape index (κ3) is 4.26. The lowest BCUT2D eigenvalue weighted by atomic mass is 9.95. The number of alkyl halides is 1. The highest BCUT2D eigenvalue weighted by Crippen LogP contribution is 2.20. The van der Waals surface area contributed by atoms with Crippen LogP contribution >= 0.6 is 23.2 Å². The third-order valence-electron chi connectivity index (χ3n) is 3.42. The van der Waals surface area contributed by atoms with Gasteiger partial charge in [-0.05, 0) is 36.5 Å². The maximum atomic E-state index is 11.5. The van der Waals surface area contributed by atoms with Gasteiger partial charge in [0.25, 0.3) is 0 Å². The lowest BCUT2D eigenvalue weighted by molar-refractivity contribution is -0.129. The molecule has 2 rings (SSSR count). The van der Waals surface area contributed by atoms with Gasteiger partial charge in [-0.25, -0.2) is 0 Å². The van der Waals surface area contributed by atoms with Gasteiger partial charge in [0.15, 0.2) is 0 Å². The molecule has 1 fully saturated rings. The van der Waals surface area contributed by atoms with Gasteiger partial charge in [0.1, 0.15) is 5.88 Å². The molecule has 4 heteroatoms. The normalized spacial score (nSPS) is 17.1. The number of hydrogen-bond donors (Lipinski definition) is 0. The van der Waals surface area contributed by atoms with Crippen molar-refractivity contribution in [2.24, 2.45) is 5.92 Å². The summed E-state index contributed by atoms with van der Waals surface area (Å²) < 4.78 is 0. The van der Waals surface area contributed by atoms with Crippen LogP contribution < -0.4 is 0 Å². The maximum Gasteiger partial charge on any atom is 0.237 e. The first-order valence-electron chi connectivity index (χ1n) is 6.46. The number of likely N-dealkylation sites (tertiary alicyclic amines) is 1. The minimum atomic E-state index is 0.0407. The molecule has 0 unspecified atom stereocenters. The fraction of sp³-hybridized carbons (Fsp3) is 0.400. The maximum absolute atomic E-state index is 11.5. The van der Waals surface area contributed by atoms with Crippen molar-refractivity contribution in [2.75, 3.05) is 19.0 Å². The SMILES string of the molecule is O=C(CCl)N1CCC(/C=C/c2cccc(Cl)c2)CC1. The van der Waals surface area contributed by atoms with Gasteiger partial charge in [-0.2, -0.15) is 0 Å². The molecule has 0 aromatic heterocycles. The van der Waals surface area contributed by atoms with Crippen LogP contribution in [-0.4, -0.2) is 29.8 Å². The van der Waals surface area contributed by atoms with Crippen LogP contribution in [0.2, 0.25) is 5.02 Å². The molecule has 1 saturated heterocycles. The Labute approximate surface area is 124 Å². The Bertz CT molecular complexity index is 465. The lowest BCUT2D eigenvalue weighted by Crippen LogP contribution is -2.38. The Morgan fingerprint density at radius 2 is 2.11 bits per heavy atom. The fourth-order valence-electron chi connectivity index (χ4n) is 2.28. The van der Waals surface area contributed by atoms with Crippen molar-refractivity contribution in [1.82, 2.24) is 4.90 Å². The van der Waals surface area contributed by atoms with Gasteiger partial charge < -0.3 is 4.90 Å². The van der Waals surface area contributed by atoms with Gasteiger partial charge in [0.2, 0.25) is 5.91 Å². The van der Waals surface area contributed by atoms with Crippen LogP contribution in [0, 0.1) is 5.92 Å². The van der Waals surface area contributed by atoms with Crippen molar-refractivity contribution in [3.8, 4) is 0 Å². The Morgan fingerprint density at radius 1 is 1.37 bits per heavy atom. The number of halogens is 2. The van der Waals surface area contributed by atoms with Crippen molar-refractivity contribution < 1.29 is 4.79 Å². The second-order valence-electron chi connectivity index (χ2n) is 4.77. The highest BCUT2D eigenvalue weighted by atomic mass is 35.5. The number of nitrogens with zero attached hydrogens (tertiary/aromatic N) is 1. The van der Waals surface area contributed by atoms with Crippen molar-refractivity contribution in [3.05, 3.63) is 40.9 Å². The Balaban J connectivity index is 1.87. The predicted molar refractivity (Wildman–Crippen MR) is 80.5 cm³/mol. The largest absolute Gasteiger partial charge is 0.342 e. The number of rotatable bonds is 3. The van der Waals surface area contributed by atoms with Gasteiger partial charge in [-0.15, -0.1) is 11.6 Å². The Kier molecular flexibility index (Phi) is 5.29. The molecule has 0 radical (unpaired) electrons. The van der Waals surface area contributed by atoms with Gasteiger partial charge in [-0.3, -0.25) is 4.79 Å². The molecule has 2 nitrogen and oxygen atoms in total. The number of amides is 1. The standard InChI is InChI=1S/C15H17Cl2NO/c16-11-15(19)18-8-6-12(7-9-18)4-5-13-2-1-3-14(17)10-13/h1-5,10,12H,6-9,11H2/b5-4+. The summed E-state index contributed by atoms with van der Waals surface area (Å²) in [5, 5.41) is 0.754. The van der Waals surface area contributed by atoms with Crippen molar-refractivity contribution in [3.63, 3.8) is 0 Å². The smallest absolute Gasteiger partial charge is 0.237 e. The first kappa shape index (κ1) is 14.4. The molecule has 19 heavy (non-hydrogen) atoms. The molecule has 1 aromatic carbocycles. The molecule has 102 valence electrons. The molecular weight excluding hydrogens is 281 g/mol. The minimum Gasteiger partial charge on any atom is -0.342 e. The molecule has 0 N–H and O–H groups in total. The zero-order valence-corrected chi connectivity index (χ0v) is 12.2. The number of hydrogen-bond acceptors (Lipinski definition) is 1. The molecular formula is C15H17Cl2NO. The quantitative estimate of drug-likeness (QED) is 0.777. The number of carbonyl (C=O) groups excluding carboxylic acids is 1. The molecule has 1 amide bonds. The number of piperidine rings is 1. The van der Waals surface area contributed by atoms with E-state index in [1.807, 2.05) is 29.2 Å². The molecule has 1 aliphatic rings. The highest BCUT2D eigenvalue weighted by molar-refractivity contribution is 6.30. The first-order valence-corrected chi connectivity index (χ1v) is 7.38. The third-order valence-corrected chi connectivity index (χ3v) is 3.88. The Hall–Kier alpha value is -0.990. The molecule has 0 spiro atoms. The molecule has 0 saturated carbocycles. The summed E-state index contributed by atoms with van der Waals surface area (Å²) in [7, 11) is 0. The zero-order valence-electron chi connectivity index (χ0n) is 10.7. The summed E-state index contributed by atoms with van der Waals surface area (Å²) in [6.07, 6.45) is 6.32. The van der Waals surface area contributed by atoms with Crippen LogP contribution in [0.15, 0.2) is 30.3 Å². The summed E-state index contributed by atoms with van der Waals surface area (Å²) in [6.45, 7) is 1.60. The summed E-state index contributed by atoms with van der Waals surface area (Å²) >= 11 is 11.5. The lowest BCUT2D eigenvalue weighted by Gasteiger charge is -2.30. The number of carbonyl (C=O) groups is 1. The van der Waals surface area contributed by atoms with E-state index in [4.69, 9.17) is 23.2 Å². The van der Waals surface area contributed by atoms with Crippen LogP contribution in [0.25, 0.3) is 6.08 Å². The highest BCUT2D eigenvalue weighted by Gasteiger charge is 2.20. The average molecular weight is 298 g/mol. The number of benzene rings is 1. The molecule has 0 atom stereocenters. The predicted octanol–water partition coefficient (Wildman–Crippen LogP) is 3.83. The molecule has 1 heterocycles. The van der Waals surface area contributed by atoms with Crippen LogP contribution in [0.4, 0.5) is 0 Å². The van der Waals surface area contributed by atoms with Crippen LogP contribution in [-0.2, 0) is 4.79 Å². The summed E-state index contributed by atoms with van der Waals surface area (Å²) in [5.41, 5.74) is 1.12. The van der Waals surface area contributed by atoms with Crippen LogP contribution in [0.1, 0.15) is 18.4 Å². The first-order chi connectivity index (χ1) is 9.19. The van der Waals surface area contributed by atoms with E-state index >= 15 is 0 Å². The van der Waals surface area contributed by atoms with E-state index in [-0.39, 0.29) is 11.8 Å². The van der Waals surface area contributed by atoms with E-state index in [0.29, 0.717) is 5.92 Å². The van der Waals surface area contributed by atoms with Crippen molar-refractivity contribution in [1.29, 1.82) is 0 Å². The second-order valence-corrected chi connectivity index (χ2v) is 5.47. The van der Waals surface area contributed by atoms with Crippen LogP contribution in [0.3, 0.4) is 0 Å². The van der Waals surface area contributed by atoms with E-state index in [2.05, 4.69) is 12.2 Å². The Morgan fingerprint density at radius 3 is 2.74 bits per heavy atom. The summed E-state index contributed by atoms with van der Waals surface area (Å²) in [4.78, 5) is 13.3.